The number of thioether (sulfide) groups is 1. The van der Waals surface area contributed by atoms with Crippen molar-refractivity contribution in [2.24, 2.45) is 0 Å². The van der Waals surface area contributed by atoms with Crippen LogP contribution in [0.4, 0.5) is 13.2 Å². The summed E-state index contributed by atoms with van der Waals surface area (Å²) in [7, 11) is 0. The monoisotopic (exact) mass is 295 g/mol. The van der Waals surface area contributed by atoms with Gasteiger partial charge in [-0.1, -0.05) is 23.7 Å². The molecule has 0 N–H and O–H groups in total. The van der Waals surface area contributed by atoms with Gasteiger partial charge in [0.05, 0.1) is 5.75 Å². The van der Waals surface area contributed by atoms with Crippen LogP contribution in [-0.2, 0) is 4.79 Å². The van der Waals surface area contributed by atoms with E-state index in [1.807, 2.05) is 0 Å². The van der Waals surface area contributed by atoms with Crippen molar-refractivity contribution < 1.29 is 18.0 Å². The van der Waals surface area contributed by atoms with Crippen molar-refractivity contribution in [1.29, 1.82) is 0 Å². The van der Waals surface area contributed by atoms with Crippen LogP contribution in [0.5, 0.6) is 0 Å². The van der Waals surface area contributed by atoms with E-state index in [-0.39, 0.29) is 5.75 Å². The van der Waals surface area contributed by atoms with Crippen LogP contribution in [-0.4, -0.2) is 29.3 Å². The van der Waals surface area contributed by atoms with Gasteiger partial charge in [-0.05, 0) is 17.7 Å². The predicted octanol–water partition coefficient (Wildman–Crippen LogP) is 3.48. The Kier molecular flexibility index (Phi) is 3.77. The lowest BCUT2D eigenvalue weighted by Crippen LogP contribution is -2.37. The van der Waals surface area contributed by atoms with Gasteiger partial charge in [-0.25, -0.2) is 0 Å². The van der Waals surface area contributed by atoms with Crippen LogP contribution in [0.3, 0.4) is 0 Å². The summed E-state index contributed by atoms with van der Waals surface area (Å²) in [6.45, 7) is -1.23. The van der Waals surface area contributed by atoms with E-state index in [9.17, 15) is 18.0 Å². The third-order valence-electron chi connectivity index (χ3n) is 2.45. The predicted molar refractivity (Wildman–Crippen MR) is 64.4 cm³/mol. The van der Waals surface area contributed by atoms with Crippen molar-refractivity contribution in [1.82, 2.24) is 4.90 Å². The van der Waals surface area contributed by atoms with Gasteiger partial charge >= 0.3 is 6.18 Å². The maximum Gasteiger partial charge on any atom is 0.406 e. The first-order valence-electron chi connectivity index (χ1n) is 5.10. The molecule has 0 aromatic heterocycles. The molecule has 1 fully saturated rings. The smallest absolute Gasteiger partial charge is 0.317 e. The first-order chi connectivity index (χ1) is 8.37. The first kappa shape index (κ1) is 13.5. The molecular formula is C11H9ClF3NOS. The van der Waals surface area contributed by atoms with Gasteiger partial charge in [-0.2, -0.15) is 13.2 Å². The topological polar surface area (TPSA) is 20.3 Å². The van der Waals surface area contributed by atoms with Crippen molar-refractivity contribution in [2.45, 2.75) is 11.6 Å². The molecule has 1 aliphatic rings. The fraction of sp³-hybridized carbons (Fsp3) is 0.364. The average Bonchev–Trinajstić information content (AvgIpc) is 2.58. The van der Waals surface area contributed by atoms with E-state index in [1.165, 1.54) is 11.8 Å². The third kappa shape index (κ3) is 3.11. The van der Waals surface area contributed by atoms with E-state index in [1.54, 1.807) is 24.3 Å². The molecule has 0 bridgehead atoms. The molecule has 1 aromatic rings. The number of alkyl halides is 3. The summed E-state index contributed by atoms with van der Waals surface area (Å²) in [6.07, 6.45) is -4.39. The molecule has 1 aromatic carbocycles. The molecule has 0 radical (unpaired) electrons. The highest BCUT2D eigenvalue weighted by Gasteiger charge is 2.40. The maximum absolute atomic E-state index is 12.4. The summed E-state index contributed by atoms with van der Waals surface area (Å²) in [5, 5.41) is -0.169. The van der Waals surface area contributed by atoms with E-state index in [0.29, 0.717) is 10.6 Å². The van der Waals surface area contributed by atoms with Gasteiger partial charge in [0.2, 0.25) is 5.91 Å². The number of nitrogens with zero attached hydrogens (tertiary/aromatic N) is 1. The molecule has 1 amide bonds. The number of carbonyl (C=O) groups excluding carboxylic acids is 1. The molecule has 7 heteroatoms. The van der Waals surface area contributed by atoms with E-state index in [2.05, 4.69) is 0 Å². The fourth-order valence-corrected chi connectivity index (χ4v) is 3.13. The molecular weight excluding hydrogens is 287 g/mol. The van der Waals surface area contributed by atoms with Crippen LogP contribution in [0.25, 0.3) is 0 Å². The standard InChI is InChI=1S/C11H9ClF3NOS/c12-8-3-1-2-7(4-8)10-16(6-11(13,14)15)9(17)5-18-10/h1-4,10H,5-6H2/t10-/m1/s1. The van der Waals surface area contributed by atoms with Crippen LogP contribution in [0.2, 0.25) is 5.02 Å². The normalized spacial score (nSPS) is 20.6. The molecule has 0 saturated carbocycles. The largest absolute Gasteiger partial charge is 0.406 e. The van der Waals surface area contributed by atoms with Crippen molar-refractivity contribution >= 4 is 29.3 Å². The molecule has 1 saturated heterocycles. The summed E-state index contributed by atoms with van der Waals surface area (Å²) < 4.78 is 37.3. The SMILES string of the molecule is O=C1CS[C@H](c2cccc(Cl)c2)N1CC(F)(F)F. The number of rotatable bonds is 2. The van der Waals surface area contributed by atoms with Crippen LogP contribution < -0.4 is 0 Å². The molecule has 1 heterocycles. The Morgan fingerprint density at radius 1 is 1.44 bits per heavy atom. The van der Waals surface area contributed by atoms with Crippen LogP contribution in [0.1, 0.15) is 10.9 Å². The number of carbonyl (C=O) groups is 1. The number of benzene rings is 1. The van der Waals surface area contributed by atoms with Gasteiger partial charge in [-0.3, -0.25) is 4.79 Å². The number of hydrogen-bond acceptors (Lipinski definition) is 2. The molecule has 0 aliphatic carbocycles. The second-order valence-corrected chi connectivity index (χ2v) is 5.36. The Hall–Kier alpha value is -0.880. The van der Waals surface area contributed by atoms with Crippen LogP contribution in [0.15, 0.2) is 24.3 Å². The number of amides is 1. The van der Waals surface area contributed by atoms with E-state index >= 15 is 0 Å². The quantitative estimate of drug-likeness (QED) is 0.832. The minimum absolute atomic E-state index is 0.0628. The van der Waals surface area contributed by atoms with Gasteiger partial charge < -0.3 is 4.90 Å². The van der Waals surface area contributed by atoms with Gasteiger partial charge in [0.1, 0.15) is 11.9 Å². The zero-order valence-corrected chi connectivity index (χ0v) is 10.6. The van der Waals surface area contributed by atoms with Gasteiger partial charge in [0, 0.05) is 5.02 Å². The van der Waals surface area contributed by atoms with Crippen molar-refractivity contribution in [3.63, 3.8) is 0 Å². The van der Waals surface area contributed by atoms with Crippen LogP contribution in [0, 0.1) is 0 Å². The number of hydrogen-bond donors (Lipinski definition) is 0. The highest BCUT2D eigenvalue weighted by molar-refractivity contribution is 8.00. The summed E-state index contributed by atoms with van der Waals surface area (Å²) >= 11 is 6.98. The lowest BCUT2D eigenvalue weighted by Gasteiger charge is -2.25. The molecule has 1 aliphatic heterocycles. The van der Waals surface area contributed by atoms with Gasteiger partial charge in [0.15, 0.2) is 0 Å². The summed E-state index contributed by atoms with van der Waals surface area (Å²) in [5.74, 6) is -0.435. The minimum Gasteiger partial charge on any atom is -0.317 e. The molecule has 1 atom stereocenters. The lowest BCUT2D eigenvalue weighted by molar-refractivity contribution is -0.159. The van der Waals surface area contributed by atoms with Gasteiger partial charge in [0.25, 0.3) is 0 Å². The van der Waals surface area contributed by atoms with E-state index in [0.717, 1.165) is 4.90 Å². The maximum atomic E-state index is 12.4. The summed E-state index contributed by atoms with van der Waals surface area (Å²) in [6, 6.07) is 6.56. The number of halogens is 4. The molecule has 0 spiro atoms. The van der Waals surface area contributed by atoms with Crippen LogP contribution >= 0.6 is 23.4 Å². The first-order valence-corrected chi connectivity index (χ1v) is 6.53. The van der Waals surface area contributed by atoms with Crippen molar-refractivity contribution in [3.8, 4) is 0 Å². The zero-order valence-electron chi connectivity index (χ0n) is 9.08. The van der Waals surface area contributed by atoms with E-state index in [4.69, 9.17) is 11.6 Å². The Bertz CT molecular complexity index is 466. The fourth-order valence-electron chi connectivity index (χ4n) is 1.75. The van der Waals surface area contributed by atoms with Crippen molar-refractivity contribution in [2.75, 3.05) is 12.3 Å². The lowest BCUT2D eigenvalue weighted by atomic mass is 10.2. The Morgan fingerprint density at radius 3 is 2.78 bits per heavy atom. The van der Waals surface area contributed by atoms with E-state index < -0.39 is 24.0 Å². The second-order valence-electron chi connectivity index (χ2n) is 3.86. The molecule has 2 nitrogen and oxygen atoms in total. The summed E-state index contributed by atoms with van der Waals surface area (Å²) in [5.41, 5.74) is 0.614. The Balaban J connectivity index is 2.24. The molecule has 18 heavy (non-hydrogen) atoms. The summed E-state index contributed by atoms with van der Waals surface area (Å²) in [4.78, 5) is 12.3. The molecule has 98 valence electrons. The minimum atomic E-state index is -4.39. The van der Waals surface area contributed by atoms with Crippen molar-refractivity contribution in [3.05, 3.63) is 34.9 Å². The third-order valence-corrected chi connectivity index (χ3v) is 3.94. The molecule has 2 rings (SSSR count). The zero-order chi connectivity index (χ0) is 13.3. The van der Waals surface area contributed by atoms with Gasteiger partial charge in [-0.15, -0.1) is 11.8 Å². The Morgan fingerprint density at radius 2 is 2.17 bits per heavy atom. The Labute approximate surface area is 111 Å². The second kappa shape index (κ2) is 5.01. The highest BCUT2D eigenvalue weighted by atomic mass is 35.5. The molecule has 0 unspecified atom stereocenters. The highest BCUT2D eigenvalue weighted by Crippen LogP contribution is 2.40. The average molecular weight is 296 g/mol.